The number of phenols is 1. The molecule has 0 atom stereocenters. The first-order valence-electron chi connectivity index (χ1n) is 14.0. The molecule has 3 aromatic carbocycles. The highest BCUT2D eigenvalue weighted by atomic mass is 32.1. The molecule has 3 rings (SSSR count). The zero-order chi connectivity index (χ0) is 30.2. The molecule has 1 amide bonds. The number of Topliss-reactive ketones (excluding diaryl/α,β-unsaturated/α-hetero) is 1. The maximum absolute atomic E-state index is 13.1. The molecule has 0 radical (unpaired) electrons. The normalized spacial score (nSPS) is 11.2. The van der Waals surface area contributed by atoms with Crippen molar-refractivity contribution in [3.05, 3.63) is 113 Å². The van der Waals surface area contributed by atoms with Crippen molar-refractivity contribution >= 4 is 35.7 Å². The molecule has 0 unspecified atom stereocenters. The molecule has 0 spiro atoms. The van der Waals surface area contributed by atoms with Gasteiger partial charge >= 0.3 is 0 Å². The fraction of sp³-hybridized carbons (Fsp3) is 0.257. The van der Waals surface area contributed by atoms with Gasteiger partial charge in [-0.1, -0.05) is 87.9 Å². The van der Waals surface area contributed by atoms with Crippen LogP contribution in [0, 0.1) is 0 Å². The van der Waals surface area contributed by atoms with Crippen LogP contribution in [-0.4, -0.2) is 16.8 Å². The summed E-state index contributed by atoms with van der Waals surface area (Å²) in [5.41, 5.74) is 6.19. The van der Waals surface area contributed by atoms with Gasteiger partial charge < -0.3 is 20.5 Å². The van der Waals surface area contributed by atoms with Crippen LogP contribution in [0.3, 0.4) is 0 Å². The number of aromatic hydroxyl groups is 1. The SMILES string of the molecule is C=C(NC(/C=C\S)=C(/C)CCCCC)c1ccc(NC(=O)c2ccccc2-c2ccccc2)c(O)c1.CCC(C)=O. The summed E-state index contributed by atoms with van der Waals surface area (Å²) in [7, 11) is 0. The topological polar surface area (TPSA) is 78.4 Å². The van der Waals surface area contributed by atoms with Crippen molar-refractivity contribution in [3.8, 4) is 16.9 Å². The van der Waals surface area contributed by atoms with E-state index in [-0.39, 0.29) is 17.4 Å². The van der Waals surface area contributed by atoms with Crippen LogP contribution in [0.5, 0.6) is 5.75 Å². The van der Waals surface area contributed by atoms with Crippen molar-refractivity contribution in [2.45, 2.75) is 59.8 Å². The third kappa shape index (κ3) is 10.8. The average molecular weight is 571 g/mol. The Kier molecular flexibility index (Phi) is 14.3. The first-order valence-corrected chi connectivity index (χ1v) is 14.5. The summed E-state index contributed by atoms with van der Waals surface area (Å²) in [4.78, 5) is 22.9. The molecule has 0 aromatic heterocycles. The lowest BCUT2D eigenvalue weighted by molar-refractivity contribution is -0.116. The van der Waals surface area contributed by atoms with Gasteiger partial charge in [0, 0.05) is 28.9 Å². The number of phenolic OH excluding ortho intramolecular Hbond substituents is 1. The molecule has 5 nitrogen and oxygen atoms in total. The number of carbonyl (C=O) groups excluding carboxylic acids is 2. The van der Waals surface area contributed by atoms with E-state index in [0.29, 0.717) is 23.4 Å². The number of hydrogen-bond donors (Lipinski definition) is 4. The van der Waals surface area contributed by atoms with Gasteiger partial charge in [-0.3, -0.25) is 4.79 Å². The van der Waals surface area contributed by atoms with Crippen LogP contribution in [0.4, 0.5) is 5.69 Å². The van der Waals surface area contributed by atoms with Gasteiger partial charge in [-0.15, -0.1) is 0 Å². The van der Waals surface area contributed by atoms with Crippen LogP contribution < -0.4 is 10.6 Å². The number of allylic oxidation sites excluding steroid dienone is 2. The van der Waals surface area contributed by atoms with E-state index >= 15 is 0 Å². The maximum atomic E-state index is 13.1. The molecule has 0 heterocycles. The highest BCUT2D eigenvalue weighted by molar-refractivity contribution is 7.83. The van der Waals surface area contributed by atoms with Gasteiger partial charge in [-0.05, 0) is 73.1 Å². The van der Waals surface area contributed by atoms with E-state index in [1.54, 1.807) is 30.5 Å². The quantitative estimate of drug-likeness (QED) is 0.0758. The number of carbonyl (C=O) groups is 2. The van der Waals surface area contributed by atoms with Gasteiger partial charge in [-0.2, -0.15) is 12.6 Å². The highest BCUT2D eigenvalue weighted by Crippen LogP contribution is 2.29. The van der Waals surface area contributed by atoms with Gasteiger partial charge in [0.15, 0.2) is 0 Å². The molecule has 3 N–H and O–H groups in total. The number of unbranched alkanes of at least 4 members (excludes halogenated alkanes) is 2. The van der Waals surface area contributed by atoms with E-state index in [1.807, 2.05) is 67.6 Å². The summed E-state index contributed by atoms with van der Waals surface area (Å²) in [5, 5.41) is 18.6. The number of amides is 1. The average Bonchev–Trinajstić information content (AvgIpc) is 2.98. The lowest BCUT2D eigenvalue weighted by Crippen LogP contribution is -2.14. The highest BCUT2D eigenvalue weighted by Gasteiger charge is 2.15. The second-order valence-electron chi connectivity index (χ2n) is 9.72. The molecule has 216 valence electrons. The standard InChI is InChI=1S/C31H34N2O2S.C4H8O/c1-4-5-7-12-22(2)28(19-20-36)32-23(3)25-17-18-29(30(34)21-25)33-31(35)27-16-11-10-15-26(27)24-13-8-6-9-14-24;1-3-4(2)5/h6,8-11,13-21,32,34,36H,3-5,7,12H2,1-2H3,(H,33,35);3H2,1-2H3/b20-19-,28-22-;. The van der Waals surface area contributed by atoms with E-state index in [4.69, 9.17) is 0 Å². The lowest BCUT2D eigenvalue weighted by Gasteiger charge is -2.16. The number of nitrogens with one attached hydrogen (secondary N) is 2. The Balaban J connectivity index is 0.00000108. The third-order valence-electron chi connectivity index (χ3n) is 6.49. The zero-order valence-corrected chi connectivity index (χ0v) is 25.4. The monoisotopic (exact) mass is 570 g/mol. The molecule has 0 aliphatic heterocycles. The minimum Gasteiger partial charge on any atom is -0.506 e. The van der Waals surface area contributed by atoms with Crippen LogP contribution in [0.1, 0.15) is 75.7 Å². The molecular formula is C35H42N2O3S. The van der Waals surface area contributed by atoms with Crippen molar-refractivity contribution < 1.29 is 14.7 Å². The summed E-state index contributed by atoms with van der Waals surface area (Å²) >= 11 is 4.23. The molecule has 0 aliphatic rings. The van der Waals surface area contributed by atoms with Crippen molar-refractivity contribution in [1.82, 2.24) is 5.32 Å². The fourth-order valence-corrected chi connectivity index (χ4v) is 4.09. The molecule has 3 aromatic rings. The van der Waals surface area contributed by atoms with Gasteiger partial charge in [0.1, 0.15) is 11.5 Å². The van der Waals surface area contributed by atoms with E-state index in [9.17, 15) is 14.7 Å². The molecule has 0 saturated heterocycles. The van der Waals surface area contributed by atoms with Gasteiger partial charge in [0.05, 0.1) is 5.69 Å². The minimum absolute atomic E-state index is 0.0315. The Morgan fingerprint density at radius 3 is 2.22 bits per heavy atom. The van der Waals surface area contributed by atoms with Crippen molar-refractivity contribution in [2.75, 3.05) is 5.32 Å². The summed E-state index contributed by atoms with van der Waals surface area (Å²) in [6, 6.07) is 22.3. The smallest absolute Gasteiger partial charge is 0.256 e. The summed E-state index contributed by atoms with van der Waals surface area (Å²) in [6.45, 7) is 11.9. The van der Waals surface area contributed by atoms with Crippen LogP contribution in [0.2, 0.25) is 0 Å². The largest absolute Gasteiger partial charge is 0.506 e. The molecule has 0 fully saturated rings. The Morgan fingerprint density at radius 1 is 0.951 bits per heavy atom. The van der Waals surface area contributed by atoms with E-state index in [1.165, 1.54) is 18.4 Å². The molecule has 6 heteroatoms. The number of hydrogen-bond acceptors (Lipinski definition) is 5. The van der Waals surface area contributed by atoms with Crippen LogP contribution in [0.25, 0.3) is 16.8 Å². The van der Waals surface area contributed by atoms with Crippen LogP contribution >= 0.6 is 12.6 Å². The number of thiol groups is 1. The molecule has 0 aliphatic carbocycles. The molecule has 0 bridgehead atoms. The van der Waals surface area contributed by atoms with Crippen LogP contribution in [0.15, 0.2) is 102 Å². The second-order valence-corrected chi connectivity index (χ2v) is 10.0. The minimum atomic E-state index is -0.290. The fourth-order valence-electron chi connectivity index (χ4n) is 3.94. The van der Waals surface area contributed by atoms with Gasteiger partial charge in [0.2, 0.25) is 0 Å². The Bertz CT molecular complexity index is 1380. The zero-order valence-electron chi connectivity index (χ0n) is 24.5. The van der Waals surface area contributed by atoms with Crippen molar-refractivity contribution in [1.29, 1.82) is 0 Å². The van der Waals surface area contributed by atoms with Gasteiger partial charge in [-0.25, -0.2) is 0 Å². The van der Waals surface area contributed by atoms with Gasteiger partial charge in [0.25, 0.3) is 5.91 Å². The predicted molar refractivity (Wildman–Crippen MR) is 176 cm³/mol. The maximum Gasteiger partial charge on any atom is 0.256 e. The Morgan fingerprint density at radius 2 is 1.61 bits per heavy atom. The second kappa shape index (κ2) is 17.6. The lowest BCUT2D eigenvalue weighted by atomic mass is 9.99. The van der Waals surface area contributed by atoms with Crippen LogP contribution in [-0.2, 0) is 4.79 Å². The molecule has 0 saturated carbocycles. The number of ketones is 1. The molecular weight excluding hydrogens is 528 g/mol. The number of anilines is 1. The first-order chi connectivity index (χ1) is 19.7. The predicted octanol–water partition coefficient (Wildman–Crippen LogP) is 9.16. The number of rotatable bonds is 12. The summed E-state index contributed by atoms with van der Waals surface area (Å²) < 4.78 is 0. The third-order valence-corrected chi connectivity index (χ3v) is 6.64. The van der Waals surface area contributed by atoms with E-state index in [2.05, 4.69) is 43.7 Å². The van der Waals surface area contributed by atoms with Crippen molar-refractivity contribution in [3.63, 3.8) is 0 Å². The molecule has 41 heavy (non-hydrogen) atoms. The van der Waals surface area contributed by atoms with E-state index < -0.39 is 0 Å². The number of benzene rings is 3. The Labute approximate surface area is 250 Å². The first kappa shape index (κ1) is 33.2. The summed E-state index contributed by atoms with van der Waals surface area (Å²) in [5.74, 6) is -0.0674. The summed E-state index contributed by atoms with van der Waals surface area (Å²) in [6.07, 6.45) is 7.05. The Hall–Kier alpha value is -4.03. The van der Waals surface area contributed by atoms with Crippen molar-refractivity contribution in [2.24, 2.45) is 0 Å². The van der Waals surface area contributed by atoms with E-state index in [0.717, 1.165) is 35.2 Å².